The molecule has 0 saturated heterocycles. The lowest BCUT2D eigenvalue weighted by molar-refractivity contribution is -0.136. The maximum Gasteiger partial charge on any atom is 0.336 e. The molecule has 0 bridgehead atoms. The van der Waals surface area contributed by atoms with Crippen molar-refractivity contribution in [2.45, 2.75) is 19.8 Å². The van der Waals surface area contributed by atoms with Crippen LogP contribution in [-0.2, 0) is 9.59 Å². The summed E-state index contributed by atoms with van der Waals surface area (Å²) in [4.78, 5) is 34.7. The molecule has 0 radical (unpaired) electrons. The van der Waals surface area contributed by atoms with E-state index in [9.17, 15) is 14.4 Å². The molecular formula is C19H19N3O4. The monoisotopic (exact) mass is 353 g/mol. The summed E-state index contributed by atoms with van der Waals surface area (Å²) < 4.78 is 0. The Morgan fingerprint density at radius 1 is 1.00 bits per heavy atom. The molecule has 0 heterocycles. The summed E-state index contributed by atoms with van der Waals surface area (Å²) in [6.45, 7) is 4.11. The summed E-state index contributed by atoms with van der Waals surface area (Å²) in [5.41, 5.74) is 4.04. The van der Waals surface area contributed by atoms with Crippen LogP contribution in [0.3, 0.4) is 0 Å². The number of carboxylic acids is 1. The maximum absolute atomic E-state index is 11.9. The lowest BCUT2D eigenvalue weighted by Gasteiger charge is -2.07. The number of rotatable bonds is 5. The van der Waals surface area contributed by atoms with Gasteiger partial charge in [-0.1, -0.05) is 44.2 Å². The fourth-order valence-electron chi connectivity index (χ4n) is 2.15. The molecule has 2 rings (SSSR count). The number of aromatic carboxylic acids is 1. The molecule has 0 aliphatic rings. The summed E-state index contributed by atoms with van der Waals surface area (Å²) in [6, 6.07) is 13.4. The van der Waals surface area contributed by atoms with E-state index in [1.165, 1.54) is 18.3 Å². The highest BCUT2D eigenvalue weighted by atomic mass is 16.4. The van der Waals surface area contributed by atoms with Gasteiger partial charge in [0.1, 0.15) is 0 Å². The lowest BCUT2D eigenvalue weighted by Crippen LogP contribution is -2.32. The van der Waals surface area contributed by atoms with E-state index in [1.807, 2.05) is 12.1 Å². The molecule has 0 aromatic heterocycles. The zero-order chi connectivity index (χ0) is 19.1. The van der Waals surface area contributed by atoms with Crippen LogP contribution in [0.15, 0.2) is 53.6 Å². The Balaban J connectivity index is 1.95. The number of hydrogen-bond acceptors (Lipinski definition) is 4. The van der Waals surface area contributed by atoms with Crippen LogP contribution in [0.2, 0.25) is 0 Å². The van der Waals surface area contributed by atoms with Crippen LogP contribution in [0.5, 0.6) is 0 Å². The molecule has 0 aliphatic carbocycles. The summed E-state index contributed by atoms with van der Waals surface area (Å²) in [6.07, 6.45) is 1.17. The topological polar surface area (TPSA) is 108 Å². The first-order valence-electron chi connectivity index (χ1n) is 7.95. The Hall–Kier alpha value is -3.48. The number of anilines is 1. The van der Waals surface area contributed by atoms with Gasteiger partial charge in [0.15, 0.2) is 0 Å². The molecular weight excluding hydrogens is 334 g/mol. The Kier molecular flexibility index (Phi) is 6.21. The van der Waals surface area contributed by atoms with Crippen LogP contribution in [0.25, 0.3) is 0 Å². The standard InChI is InChI=1S/C19H19N3O4/c1-12(2)13-7-9-15(10-8-13)21-17(23)18(24)22-20-11-14-5-3-4-6-16(14)19(25)26/h3-12H,1-2H3,(H,21,23)(H,22,24)(H,25,26)/b20-11-. The molecule has 0 atom stereocenters. The summed E-state index contributed by atoms with van der Waals surface area (Å²) in [5.74, 6) is -2.57. The number of carboxylic acid groups (broad SMARTS) is 1. The molecule has 0 unspecified atom stereocenters. The minimum atomic E-state index is -1.11. The molecule has 0 spiro atoms. The quantitative estimate of drug-likeness (QED) is 0.436. The van der Waals surface area contributed by atoms with Gasteiger partial charge in [0.05, 0.1) is 11.8 Å². The van der Waals surface area contributed by atoms with E-state index < -0.39 is 17.8 Å². The van der Waals surface area contributed by atoms with Gasteiger partial charge in [0, 0.05) is 11.3 Å². The van der Waals surface area contributed by atoms with Crippen molar-refractivity contribution in [1.82, 2.24) is 5.43 Å². The molecule has 26 heavy (non-hydrogen) atoms. The molecule has 134 valence electrons. The van der Waals surface area contributed by atoms with E-state index in [0.29, 0.717) is 17.2 Å². The second-order valence-corrected chi connectivity index (χ2v) is 5.82. The van der Waals surface area contributed by atoms with Gasteiger partial charge in [-0.15, -0.1) is 0 Å². The number of benzene rings is 2. The summed E-state index contributed by atoms with van der Waals surface area (Å²) in [7, 11) is 0. The molecule has 2 aromatic carbocycles. The SMILES string of the molecule is CC(C)c1ccc(NC(=O)C(=O)N/N=C\c2ccccc2C(=O)O)cc1. The number of nitrogens with one attached hydrogen (secondary N) is 2. The third kappa shape index (κ3) is 5.01. The van der Waals surface area contributed by atoms with E-state index in [4.69, 9.17) is 5.11 Å². The fraction of sp³-hybridized carbons (Fsp3) is 0.158. The number of hydrogen-bond donors (Lipinski definition) is 3. The molecule has 2 amide bonds. The zero-order valence-electron chi connectivity index (χ0n) is 14.4. The average Bonchev–Trinajstić information content (AvgIpc) is 2.62. The van der Waals surface area contributed by atoms with Gasteiger partial charge in [-0.3, -0.25) is 9.59 Å². The Morgan fingerprint density at radius 3 is 2.27 bits per heavy atom. The Labute approximate surface area is 150 Å². The van der Waals surface area contributed by atoms with Crippen LogP contribution in [0, 0.1) is 0 Å². The van der Waals surface area contributed by atoms with E-state index in [0.717, 1.165) is 5.56 Å². The molecule has 0 fully saturated rings. The van der Waals surface area contributed by atoms with Crippen LogP contribution in [-0.4, -0.2) is 29.1 Å². The highest BCUT2D eigenvalue weighted by Gasteiger charge is 2.13. The highest BCUT2D eigenvalue weighted by Crippen LogP contribution is 2.17. The minimum Gasteiger partial charge on any atom is -0.478 e. The predicted molar refractivity (Wildman–Crippen MR) is 98.3 cm³/mol. The van der Waals surface area contributed by atoms with Crippen molar-refractivity contribution in [2.75, 3.05) is 5.32 Å². The molecule has 7 heteroatoms. The molecule has 7 nitrogen and oxygen atoms in total. The van der Waals surface area contributed by atoms with E-state index in [2.05, 4.69) is 29.7 Å². The van der Waals surface area contributed by atoms with Gasteiger partial charge < -0.3 is 10.4 Å². The number of hydrazone groups is 1. The molecule has 3 N–H and O–H groups in total. The number of carbonyl (C=O) groups excluding carboxylic acids is 2. The summed E-state index contributed by atoms with van der Waals surface area (Å²) in [5, 5.41) is 15.2. The van der Waals surface area contributed by atoms with Gasteiger partial charge in [0.2, 0.25) is 0 Å². The minimum absolute atomic E-state index is 0.0418. The second-order valence-electron chi connectivity index (χ2n) is 5.82. The third-order valence-corrected chi connectivity index (χ3v) is 3.60. The van der Waals surface area contributed by atoms with Crippen LogP contribution < -0.4 is 10.7 Å². The molecule has 0 aliphatic heterocycles. The second kappa shape index (κ2) is 8.57. The summed E-state index contributed by atoms with van der Waals surface area (Å²) >= 11 is 0. The van der Waals surface area contributed by atoms with Crippen molar-refractivity contribution >= 4 is 29.7 Å². The van der Waals surface area contributed by atoms with Crippen molar-refractivity contribution in [2.24, 2.45) is 5.10 Å². The van der Waals surface area contributed by atoms with E-state index in [1.54, 1.807) is 24.3 Å². The first kappa shape index (κ1) is 18.9. The Bertz CT molecular complexity index is 842. The number of carbonyl (C=O) groups is 3. The number of amides is 2. The first-order chi connectivity index (χ1) is 12.4. The number of nitrogens with zero attached hydrogens (tertiary/aromatic N) is 1. The van der Waals surface area contributed by atoms with Gasteiger partial charge in [-0.2, -0.15) is 5.10 Å². The van der Waals surface area contributed by atoms with Gasteiger partial charge >= 0.3 is 17.8 Å². The third-order valence-electron chi connectivity index (χ3n) is 3.60. The maximum atomic E-state index is 11.9. The molecule has 2 aromatic rings. The predicted octanol–water partition coefficient (Wildman–Crippen LogP) is 2.60. The van der Waals surface area contributed by atoms with Crippen molar-refractivity contribution in [3.8, 4) is 0 Å². The van der Waals surface area contributed by atoms with Crippen LogP contribution >= 0.6 is 0 Å². The van der Waals surface area contributed by atoms with Gasteiger partial charge in [0.25, 0.3) is 0 Å². The van der Waals surface area contributed by atoms with E-state index in [-0.39, 0.29) is 5.56 Å². The van der Waals surface area contributed by atoms with Crippen molar-refractivity contribution < 1.29 is 19.5 Å². The van der Waals surface area contributed by atoms with Crippen LogP contribution in [0.4, 0.5) is 5.69 Å². The smallest absolute Gasteiger partial charge is 0.336 e. The van der Waals surface area contributed by atoms with Crippen molar-refractivity contribution in [3.63, 3.8) is 0 Å². The fourth-order valence-corrected chi connectivity index (χ4v) is 2.15. The van der Waals surface area contributed by atoms with Crippen molar-refractivity contribution in [1.29, 1.82) is 0 Å². The average molecular weight is 353 g/mol. The lowest BCUT2D eigenvalue weighted by atomic mass is 10.0. The van der Waals surface area contributed by atoms with Gasteiger partial charge in [-0.05, 0) is 29.7 Å². The first-order valence-corrected chi connectivity index (χ1v) is 7.95. The van der Waals surface area contributed by atoms with Gasteiger partial charge in [-0.25, -0.2) is 10.2 Å². The normalized spacial score (nSPS) is 10.7. The van der Waals surface area contributed by atoms with Crippen LogP contribution in [0.1, 0.15) is 41.3 Å². The molecule has 0 saturated carbocycles. The Morgan fingerprint density at radius 2 is 1.65 bits per heavy atom. The largest absolute Gasteiger partial charge is 0.478 e. The highest BCUT2D eigenvalue weighted by molar-refractivity contribution is 6.39. The van der Waals surface area contributed by atoms with Crippen molar-refractivity contribution in [3.05, 3.63) is 65.2 Å². The van der Waals surface area contributed by atoms with E-state index >= 15 is 0 Å². The zero-order valence-corrected chi connectivity index (χ0v) is 14.4.